The molecule has 0 bridgehead atoms. The molecule has 0 radical (unpaired) electrons. The number of hydrogen-bond acceptors (Lipinski definition) is 3. The Morgan fingerprint density at radius 2 is 1.76 bits per heavy atom. The highest BCUT2D eigenvalue weighted by atomic mass is 16.5. The Bertz CT molecular complexity index is 593. The predicted molar refractivity (Wildman–Crippen MR) is 81.3 cm³/mol. The number of carbonyl (C=O) groups is 1. The third-order valence-electron chi connectivity index (χ3n) is 3.16. The minimum absolute atomic E-state index is 0.107. The van der Waals surface area contributed by atoms with E-state index in [0.717, 1.165) is 16.9 Å². The van der Waals surface area contributed by atoms with Crippen molar-refractivity contribution in [2.75, 3.05) is 14.2 Å². The molecule has 2 rings (SSSR count). The van der Waals surface area contributed by atoms with Crippen molar-refractivity contribution in [3.63, 3.8) is 0 Å². The first-order chi connectivity index (χ1) is 10.2. The zero-order chi connectivity index (χ0) is 15.1. The summed E-state index contributed by atoms with van der Waals surface area (Å²) in [5, 5.41) is 2.89. The molecule has 0 unspecified atom stereocenters. The van der Waals surface area contributed by atoms with E-state index >= 15 is 0 Å². The second kappa shape index (κ2) is 7.45. The molecular formula is C17H19NO3. The number of benzene rings is 2. The highest BCUT2D eigenvalue weighted by Crippen LogP contribution is 2.17. The number of methoxy groups -OCH3 is 2. The summed E-state index contributed by atoms with van der Waals surface area (Å²) in [6, 6.07) is 15.0. The van der Waals surface area contributed by atoms with Crippen LogP contribution >= 0.6 is 0 Å². The Labute approximate surface area is 124 Å². The zero-order valence-corrected chi connectivity index (χ0v) is 12.3. The van der Waals surface area contributed by atoms with Crippen LogP contribution in [0.15, 0.2) is 48.5 Å². The van der Waals surface area contributed by atoms with Crippen LogP contribution in [0.4, 0.5) is 0 Å². The maximum atomic E-state index is 12.1. The summed E-state index contributed by atoms with van der Waals surface area (Å²) in [6.45, 7) is 0.978. The van der Waals surface area contributed by atoms with Gasteiger partial charge in [-0.1, -0.05) is 30.3 Å². The molecule has 4 heteroatoms. The van der Waals surface area contributed by atoms with Crippen LogP contribution in [0.2, 0.25) is 0 Å². The van der Waals surface area contributed by atoms with Crippen LogP contribution in [0, 0.1) is 0 Å². The predicted octanol–water partition coefficient (Wildman–Crippen LogP) is 2.77. The lowest BCUT2D eigenvalue weighted by atomic mass is 10.1. The van der Waals surface area contributed by atoms with Crippen LogP contribution in [-0.2, 0) is 17.9 Å². The van der Waals surface area contributed by atoms with Gasteiger partial charge in [-0.25, -0.2) is 0 Å². The van der Waals surface area contributed by atoms with Crippen molar-refractivity contribution in [3.05, 3.63) is 65.2 Å². The normalized spacial score (nSPS) is 10.2. The smallest absolute Gasteiger partial charge is 0.251 e. The molecule has 0 aromatic heterocycles. The highest BCUT2D eigenvalue weighted by Gasteiger charge is 2.07. The summed E-state index contributed by atoms with van der Waals surface area (Å²) < 4.78 is 10.3. The van der Waals surface area contributed by atoms with Gasteiger partial charge in [0.25, 0.3) is 5.91 Å². The van der Waals surface area contributed by atoms with Crippen LogP contribution in [0.1, 0.15) is 21.5 Å². The molecule has 110 valence electrons. The molecule has 0 fully saturated rings. The molecule has 0 saturated carbocycles. The molecule has 0 saturated heterocycles. The van der Waals surface area contributed by atoms with E-state index < -0.39 is 0 Å². The van der Waals surface area contributed by atoms with Crippen LogP contribution in [0.25, 0.3) is 0 Å². The van der Waals surface area contributed by atoms with Gasteiger partial charge in [0.1, 0.15) is 5.75 Å². The minimum Gasteiger partial charge on any atom is -0.496 e. The lowest BCUT2D eigenvalue weighted by Crippen LogP contribution is -2.23. The fourth-order valence-corrected chi connectivity index (χ4v) is 2.05. The van der Waals surface area contributed by atoms with Gasteiger partial charge in [0.05, 0.1) is 13.7 Å². The van der Waals surface area contributed by atoms with Crippen LogP contribution in [0.5, 0.6) is 5.75 Å². The van der Waals surface area contributed by atoms with E-state index in [-0.39, 0.29) is 5.91 Å². The molecule has 1 N–H and O–H groups in total. The van der Waals surface area contributed by atoms with Gasteiger partial charge in [-0.3, -0.25) is 4.79 Å². The van der Waals surface area contributed by atoms with Gasteiger partial charge in [-0.2, -0.15) is 0 Å². The Balaban J connectivity index is 1.98. The molecule has 0 aliphatic carbocycles. The fraction of sp³-hybridized carbons (Fsp3) is 0.235. The van der Waals surface area contributed by atoms with E-state index in [4.69, 9.17) is 9.47 Å². The van der Waals surface area contributed by atoms with Crippen molar-refractivity contribution < 1.29 is 14.3 Å². The van der Waals surface area contributed by atoms with E-state index in [1.807, 2.05) is 36.4 Å². The van der Waals surface area contributed by atoms with E-state index in [9.17, 15) is 4.79 Å². The molecule has 21 heavy (non-hydrogen) atoms. The zero-order valence-electron chi connectivity index (χ0n) is 12.3. The SMILES string of the molecule is COCc1ccc(C(=O)NCc2ccccc2OC)cc1. The monoisotopic (exact) mass is 285 g/mol. The number of amides is 1. The maximum absolute atomic E-state index is 12.1. The Hall–Kier alpha value is -2.33. The van der Waals surface area contributed by atoms with Gasteiger partial charge in [0.15, 0.2) is 0 Å². The second-order valence-corrected chi connectivity index (χ2v) is 4.62. The van der Waals surface area contributed by atoms with Crippen molar-refractivity contribution in [2.24, 2.45) is 0 Å². The standard InChI is InChI=1S/C17H19NO3/c1-20-12-13-7-9-14(10-8-13)17(19)18-11-15-5-3-4-6-16(15)21-2/h3-10H,11-12H2,1-2H3,(H,18,19). The van der Waals surface area contributed by atoms with Gasteiger partial charge in [-0.05, 0) is 23.8 Å². The topological polar surface area (TPSA) is 47.6 Å². The van der Waals surface area contributed by atoms with Gasteiger partial charge in [0.2, 0.25) is 0 Å². The summed E-state index contributed by atoms with van der Waals surface area (Å²) >= 11 is 0. The van der Waals surface area contributed by atoms with Crippen molar-refractivity contribution in [2.45, 2.75) is 13.2 Å². The second-order valence-electron chi connectivity index (χ2n) is 4.62. The molecule has 0 aliphatic heterocycles. The first-order valence-corrected chi connectivity index (χ1v) is 6.72. The summed E-state index contributed by atoms with van der Waals surface area (Å²) in [5.41, 5.74) is 2.62. The van der Waals surface area contributed by atoms with Gasteiger partial charge in [-0.15, -0.1) is 0 Å². The molecule has 0 heterocycles. The number of para-hydroxylation sites is 1. The lowest BCUT2D eigenvalue weighted by Gasteiger charge is -2.09. The van der Waals surface area contributed by atoms with Crippen LogP contribution in [0.3, 0.4) is 0 Å². The average molecular weight is 285 g/mol. The van der Waals surface area contributed by atoms with Gasteiger partial charge in [0, 0.05) is 24.8 Å². The Morgan fingerprint density at radius 1 is 1.05 bits per heavy atom. The Kier molecular flexibility index (Phi) is 5.35. The van der Waals surface area contributed by atoms with E-state index in [1.54, 1.807) is 26.4 Å². The molecule has 0 atom stereocenters. The number of nitrogens with one attached hydrogen (secondary N) is 1. The highest BCUT2D eigenvalue weighted by molar-refractivity contribution is 5.94. The molecule has 4 nitrogen and oxygen atoms in total. The lowest BCUT2D eigenvalue weighted by molar-refractivity contribution is 0.0950. The Morgan fingerprint density at radius 3 is 2.43 bits per heavy atom. The summed E-state index contributed by atoms with van der Waals surface area (Å²) in [7, 11) is 3.27. The molecular weight excluding hydrogens is 266 g/mol. The fourth-order valence-electron chi connectivity index (χ4n) is 2.05. The maximum Gasteiger partial charge on any atom is 0.251 e. The van der Waals surface area contributed by atoms with E-state index in [1.165, 1.54) is 0 Å². The van der Waals surface area contributed by atoms with Crippen molar-refractivity contribution in [1.29, 1.82) is 0 Å². The van der Waals surface area contributed by atoms with Crippen LogP contribution < -0.4 is 10.1 Å². The number of rotatable bonds is 6. The number of hydrogen-bond donors (Lipinski definition) is 1. The minimum atomic E-state index is -0.107. The summed E-state index contributed by atoms with van der Waals surface area (Å²) in [6.07, 6.45) is 0. The van der Waals surface area contributed by atoms with Gasteiger partial charge < -0.3 is 14.8 Å². The van der Waals surface area contributed by atoms with Crippen LogP contribution in [-0.4, -0.2) is 20.1 Å². The molecule has 2 aromatic rings. The molecule has 0 aliphatic rings. The largest absolute Gasteiger partial charge is 0.496 e. The summed E-state index contributed by atoms with van der Waals surface area (Å²) in [5.74, 6) is 0.665. The first-order valence-electron chi connectivity index (χ1n) is 6.72. The molecule has 0 spiro atoms. The molecule has 1 amide bonds. The number of ether oxygens (including phenoxy) is 2. The quantitative estimate of drug-likeness (QED) is 0.887. The van der Waals surface area contributed by atoms with Crippen molar-refractivity contribution in [3.8, 4) is 5.75 Å². The summed E-state index contributed by atoms with van der Waals surface area (Å²) in [4.78, 5) is 12.1. The van der Waals surface area contributed by atoms with Crippen molar-refractivity contribution >= 4 is 5.91 Å². The van der Waals surface area contributed by atoms with E-state index in [2.05, 4.69) is 5.32 Å². The average Bonchev–Trinajstić information content (AvgIpc) is 2.54. The first kappa shape index (κ1) is 15.1. The van der Waals surface area contributed by atoms with Crippen molar-refractivity contribution in [1.82, 2.24) is 5.32 Å². The third-order valence-corrected chi connectivity index (χ3v) is 3.16. The number of carbonyl (C=O) groups excluding carboxylic acids is 1. The van der Waals surface area contributed by atoms with Gasteiger partial charge >= 0.3 is 0 Å². The van der Waals surface area contributed by atoms with E-state index in [0.29, 0.717) is 18.7 Å². The molecule has 2 aromatic carbocycles. The third kappa shape index (κ3) is 4.07.